The maximum atomic E-state index is 6.16. The highest BCUT2D eigenvalue weighted by molar-refractivity contribution is 6.69. The van der Waals surface area contributed by atoms with E-state index in [1.807, 2.05) is 73.6 Å². The van der Waals surface area contributed by atoms with Crippen molar-refractivity contribution in [2.75, 3.05) is 24.4 Å². The molecule has 1 N–H and O–H groups in total. The van der Waals surface area contributed by atoms with Crippen LogP contribution in [0.5, 0.6) is 0 Å². The van der Waals surface area contributed by atoms with E-state index in [1.54, 1.807) is 0 Å². The van der Waals surface area contributed by atoms with Gasteiger partial charge in [0, 0.05) is 25.3 Å². The second kappa shape index (κ2) is 6.25. The molecule has 98 valence electrons. The lowest BCUT2D eigenvalue weighted by Crippen LogP contribution is -2.08. The monoisotopic (exact) mass is 273 g/mol. The number of hydrogen-bond acceptors (Lipinski definition) is 3. The minimum atomic E-state index is 0.439. The Kier molecular flexibility index (Phi) is 4.42. The highest BCUT2D eigenvalue weighted by Crippen LogP contribution is 2.14. The fourth-order valence-corrected chi connectivity index (χ4v) is 1.76. The van der Waals surface area contributed by atoms with Crippen molar-refractivity contribution >= 4 is 28.1 Å². The number of nitrogens with one attached hydrogen (secondary N) is 1. The SMILES string of the molecule is CN(C)c1ccc(/C(Cl)=N/Nc2ccccc2)cc1. The van der Waals surface area contributed by atoms with Crippen LogP contribution < -0.4 is 10.3 Å². The Balaban J connectivity index is 2.08. The van der Waals surface area contributed by atoms with Crippen LogP contribution in [0.4, 0.5) is 11.4 Å². The first-order valence-electron chi connectivity index (χ1n) is 5.99. The zero-order chi connectivity index (χ0) is 13.7. The summed E-state index contributed by atoms with van der Waals surface area (Å²) < 4.78 is 0. The first-order chi connectivity index (χ1) is 9.16. The van der Waals surface area contributed by atoms with Gasteiger partial charge in [0.1, 0.15) is 0 Å². The molecule has 0 aliphatic heterocycles. The summed E-state index contributed by atoms with van der Waals surface area (Å²) in [7, 11) is 4.00. The van der Waals surface area contributed by atoms with Gasteiger partial charge in [0.2, 0.25) is 0 Å². The quantitative estimate of drug-likeness (QED) is 0.678. The van der Waals surface area contributed by atoms with Crippen LogP contribution in [0.2, 0.25) is 0 Å². The molecule has 0 saturated carbocycles. The Hall–Kier alpha value is -2.00. The number of anilines is 2. The zero-order valence-corrected chi connectivity index (χ0v) is 11.7. The van der Waals surface area contributed by atoms with Crippen LogP contribution >= 0.6 is 11.6 Å². The van der Waals surface area contributed by atoms with Gasteiger partial charge in [-0.2, -0.15) is 5.10 Å². The minimum absolute atomic E-state index is 0.439. The van der Waals surface area contributed by atoms with Crippen LogP contribution in [0.1, 0.15) is 5.56 Å². The Morgan fingerprint density at radius 2 is 1.63 bits per heavy atom. The maximum Gasteiger partial charge on any atom is 0.156 e. The van der Waals surface area contributed by atoms with Gasteiger partial charge in [0.15, 0.2) is 5.17 Å². The third kappa shape index (κ3) is 3.73. The fourth-order valence-electron chi connectivity index (χ4n) is 1.59. The Morgan fingerprint density at radius 1 is 1.00 bits per heavy atom. The summed E-state index contributed by atoms with van der Waals surface area (Å²) in [5.74, 6) is 0. The van der Waals surface area contributed by atoms with Crippen LogP contribution in [0.3, 0.4) is 0 Å². The van der Waals surface area contributed by atoms with Crippen molar-refractivity contribution in [1.29, 1.82) is 0 Å². The smallest absolute Gasteiger partial charge is 0.156 e. The van der Waals surface area contributed by atoms with Gasteiger partial charge in [-0.15, -0.1) is 0 Å². The van der Waals surface area contributed by atoms with Crippen molar-refractivity contribution in [3.63, 3.8) is 0 Å². The van der Waals surface area contributed by atoms with Gasteiger partial charge in [0.25, 0.3) is 0 Å². The predicted molar refractivity (Wildman–Crippen MR) is 83.2 cm³/mol. The third-order valence-corrected chi connectivity index (χ3v) is 2.98. The van der Waals surface area contributed by atoms with Gasteiger partial charge in [-0.25, -0.2) is 0 Å². The number of benzene rings is 2. The van der Waals surface area contributed by atoms with Gasteiger partial charge in [-0.05, 0) is 36.4 Å². The fraction of sp³-hybridized carbons (Fsp3) is 0.133. The van der Waals surface area contributed by atoms with Crippen molar-refractivity contribution in [1.82, 2.24) is 0 Å². The van der Waals surface area contributed by atoms with Gasteiger partial charge in [-0.1, -0.05) is 29.8 Å². The summed E-state index contributed by atoms with van der Waals surface area (Å²) in [6.45, 7) is 0. The molecule has 2 rings (SSSR count). The Bertz CT molecular complexity index is 547. The lowest BCUT2D eigenvalue weighted by molar-refractivity contribution is 1.13. The second-order valence-electron chi connectivity index (χ2n) is 4.32. The molecule has 0 heterocycles. The molecule has 0 aromatic heterocycles. The van der Waals surface area contributed by atoms with Crippen LogP contribution in [0, 0.1) is 0 Å². The molecule has 0 unspecified atom stereocenters. The Morgan fingerprint density at radius 3 is 2.21 bits per heavy atom. The van der Waals surface area contributed by atoms with Crippen molar-refractivity contribution in [3.8, 4) is 0 Å². The molecule has 2 aromatic carbocycles. The van der Waals surface area contributed by atoms with Gasteiger partial charge >= 0.3 is 0 Å². The van der Waals surface area contributed by atoms with Gasteiger partial charge < -0.3 is 4.90 Å². The summed E-state index contributed by atoms with van der Waals surface area (Å²) in [6.07, 6.45) is 0. The first kappa shape index (κ1) is 13.4. The molecule has 19 heavy (non-hydrogen) atoms. The average molecular weight is 274 g/mol. The predicted octanol–water partition coefficient (Wildman–Crippen LogP) is 3.77. The lowest BCUT2D eigenvalue weighted by Gasteiger charge is -2.12. The minimum Gasteiger partial charge on any atom is -0.378 e. The number of hydrazone groups is 1. The van der Waals surface area contributed by atoms with E-state index in [4.69, 9.17) is 11.6 Å². The number of nitrogens with zero attached hydrogens (tertiary/aromatic N) is 2. The molecule has 0 spiro atoms. The zero-order valence-electron chi connectivity index (χ0n) is 11.0. The van der Waals surface area contributed by atoms with Crippen LogP contribution in [0.25, 0.3) is 0 Å². The lowest BCUT2D eigenvalue weighted by atomic mass is 10.2. The molecular weight excluding hydrogens is 258 g/mol. The largest absolute Gasteiger partial charge is 0.378 e. The number of para-hydroxylation sites is 1. The van der Waals surface area contributed by atoms with E-state index in [-0.39, 0.29) is 0 Å². The highest BCUT2D eigenvalue weighted by atomic mass is 35.5. The van der Waals surface area contributed by atoms with E-state index in [9.17, 15) is 0 Å². The molecule has 0 fully saturated rings. The topological polar surface area (TPSA) is 27.6 Å². The molecule has 0 amide bonds. The van der Waals surface area contributed by atoms with Gasteiger partial charge in [-0.3, -0.25) is 5.43 Å². The molecule has 3 nitrogen and oxygen atoms in total. The Labute approximate surface area is 118 Å². The van der Waals surface area contributed by atoms with Crippen molar-refractivity contribution in [2.45, 2.75) is 0 Å². The van der Waals surface area contributed by atoms with E-state index in [0.717, 1.165) is 16.9 Å². The van der Waals surface area contributed by atoms with Gasteiger partial charge in [0.05, 0.1) is 5.69 Å². The summed E-state index contributed by atoms with van der Waals surface area (Å²) in [4.78, 5) is 2.04. The van der Waals surface area contributed by atoms with Crippen LogP contribution in [-0.4, -0.2) is 19.3 Å². The summed E-state index contributed by atoms with van der Waals surface area (Å²) in [5, 5.41) is 4.60. The van der Waals surface area contributed by atoms with E-state index in [0.29, 0.717) is 5.17 Å². The molecule has 0 saturated heterocycles. The molecule has 0 atom stereocenters. The van der Waals surface area contributed by atoms with Crippen molar-refractivity contribution < 1.29 is 0 Å². The third-order valence-electron chi connectivity index (χ3n) is 2.68. The maximum absolute atomic E-state index is 6.16. The number of halogens is 1. The number of hydrogen-bond donors (Lipinski definition) is 1. The molecule has 0 aliphatic rings. The van der Waals surface area contributed by atoms with Crippen molar-refractivity contribution in [3.05, 3.63) is 60.2 Å². The van der Waals surface area contributed by atoms with E-state index in [2.05, 4.69) is 10.5 Å². The molecular formula is C15H16ClN3. The number of rotatable bonds is 4. The molecule has 0 aliphatic carbocycles. The molecule has 4 heteroatoms. The van der Waals surface area contributed by atoms with Crippen molar-refractivity contribution in [2.24, 2.45) is 5.10 Å². The summed E-state index contributed by atoms with van der Waals surface area (Å²) in [6, 6.07) is 17.6. The standard InChI is InChI=1S/C15H16ClN3/c1-19(2)14-10-8-12(9-11-14)15(16)18-17-13-6-4-3-5-7-13/h3-11,17H,1-2H3/b18-15-. The van der Waals surface area contributed by atoms with Crippen LogP contribution in [0.15, 0.2) is 59.7 Å². The highest BCUT2D eigenvalue weighted by Gasteiger charge is 2.01. The molecule has 0 radical (unpaired) electrons. The molecule has 2 aromatic rings. The van der Waals surface area contributed by atoms with E-state index < -0.39 is 0 Å². The summed E-state index contributed by atoms with van der Waals surface area (Å²) >= 11 is 6.16. The normalized spacial score (nSPS) is 11.2. The first-order valence-corrected chi connectivity index (χ1v) is 6.36. The van der Waals surface area contributed by atoms with E-state index in [1.165, 1.54) is 0 Å². The second-order valence-corrected chi connectivity index (χ2v) is 4.68. The molecule has 0 bridgehead atoms. The average Bonchev–Trinajstić information content (AvgIpc) is 2.46. The van der Waals surface area contributed by atoms with Crippen LogP contribution in [-0.2, 0) is 0 Å². The van der Waals surface area contributed by atoms with E-state index >= 15 is 0 Å². The summed E-state index contributed by atoms with van der Waals surface area (Å²) in [5.41, 5.74) is 5.85.